The van der Waals surface area contributed by atoms with Crippen molar-refractivity contribution < 1.29 is 9.53 Å². The first-order valence-electron chi connectivity index (χ1n) is 7.12. The van der Waals surface area contributed by atoms with Crippen molar-refractivity contribution >= 4 is 33.5 Å². The summed E-state index contributed by atoms with van der Waals surface area (Å²) in [5.74, 6) is 2.62. The maximum Gasteiger partial charge on any atom is 0.166 e. The Hall–Kier alpha value is -0.320. The lowest BCUT2D eigenvalue weighted by atomic mass is 9.81. The van der Waals surface area contributed by atoms with Crippen LogP contribution < -0.4 is 0 Å². The van der Waals surface area contributed by atoms with E-state index in [9.17, 15) is 4.79 Å². The van der Waals surface area contributed by atoms with E-state index in [0.717, 1.165) is 53.0 Å². The second-order valence-corrected chi connectivity index (χ2v) is 7.81. The average Bonchev–Trinajstić information content (AvgIpc) is 2.89. The van der Waals surface area contributed by atoms with Gasteiger partial charge in [0.15, 0.2) is 5.78 Å². The molecule has 3 rings (SSSR count). The number of ketones is 1. The first-order chi connectivity index (χ1) is 9.60. The van der Waals surface area contributed by atoms with Crippen molar-refractivity contribution in [2.75, 3.05) is 18.1 Å². The molecule has 2 nitrogen and oxygen atoms in total. The van der Waals surface area contributed by atoms with E-state index in [1.165, 1.54) is 0 Å². The molecule has 2 heterocycles. The van der Waals surface area contributed by atoms with Crippen LogP contribution in [0.4, 0.5) is 0 Å². The van der Waals surface area contributed by atoms with Crippen molar-refractivity contribution in [2.45, 2.75) is 31.8 Å². The zero-order chi connectivity index (χ0) is 14.2. The molecule has 2 fully saturated rings. The summed E-state index contributed by atoms with van der Waals surface area (Å²) in [5, 5.41) is 0. The Bertz CT molecular complexity index is 523. The molecule has 0 radical (unpaired) electrons. The highest BCUT2D eigenvalue weighted by molar-refractivity contribution is 9.10. The molecule has 0 amide bonds. The fourth-order valence-corrected chi connectivity index (χ4v) is 4.85. The van der Waals surface area contributed by atoms with Gasteiger partial charge in [-0.05, 0) is 43.6 Å². The van der Waals surface area contributed by atoms with Gasteiger partial charge in [-0.15, -0.1) is 0 Å². The topological polar surface area (TPSA) is 26.3 Å². The minimum Gasteiger partial charge on any atom is -0.374 e. The summed E-state index contributed by atoms with van der Waals surface area (Å²) in [7, 11) is 0. The molecule has 0 aromatic heterocycles. The van der Waals surface area contributed by atoms with Gasteiger partial charge in [0, 0.05) is 28.3 Å². The van der Waals surface area contributed by atoms with Gasteiger partial charge in [-0.1, -0.05) is 28.1 Å². The van der Waals surface area contributed by atoms with E-state index in [-0.39, 0.29) is 17.3 Å². The highest BCUT2D eigenvalue weighted by Gasteiger charge is 2.42. The largest absolute Gasteiger partial charge is 0.374 e. The lowest BCUT2D eigenvalue weighted by Crippen LogP contribution is -2.42. The van der Waals surface area contributed by atoms with Crippen LogP contribution in [0.25, 0.3) is 0 Å². The molecule has 0 bridgehead atoms. The maximum atomic E-state index is 12.7. The van der Waals surface area contributed by atoms with Crippen molar-refractivity contribution in [1.82, 2.24) is 0 Å². The number of carbonyl (C=O) groups excluding carboxylic acids is 1. The number of ether oxygens (including phenoxy) is 1. The second-order valence-electron chi connectivity index (χ2n) is 5.85. The standard InChI is InChI=1S/C16H19BrO2S/c1-11-2-3-12(8-14(11)17)15(18)13-4-6-19-16(9-13)5-7-20-10-16/h2-3,8,13H,4-7,9-10H2,1H3. The summed E-state index contributed by atoms with van der Waals surface area (Å²) in [5.41, 5.74) is 1.97. The number of thioether (sulfide) groups is 1. The zero-order valence-corrected chi connectivity index (χ0v) is 14.1. The third-order valence-corrected chi connectivity index (χ3v) is 6.46. The number of hydrogen-bond donors (Lipinski definition) is 0. The lowest BCUT2D eigenvalue weighted by molar-refractivity contribution is -0.0734. The zero-order valence-electron chi connectivity index (χ0n) is 11.7. The average molecular weight is 355 g/mol. The molecule has 1 aromatic rings. The summed E-state index contributed by atoms with van der Waals surface area (Å²) in [6.45, 7) is 2.77. The number of benzene rings is 1. The molecule has 4 heteroatoms. The Morgan fingerprint density at radius 3 is 3.05 bits per heavy atom. The minimum atomic E-state index is -0.0226. The van der Waals surface area contributed by atoms with E-state index in [4.69, 9.17) is 4.74 Å². The predicted octanol–water partition coefficient (Wildman–Crippen LogP) is 4.24. The number of rotatable bonds is 2. The minimum absolute atomic E-state index is 0.0226. The fourth-order valence-electron chi connectivity index (χ4n) is 3.10. The van der Waals surface area contributed by atoms with Gasteiger partial charge in [0.2, 0.25) is 0 Å². The molecule has 1 aromatic carbocycles. The number of aryl methyl sites for hydroxylation is 1. The predicted molar refractivity (Wildman–Crippen MR) is 86.6 cm³/mol. The number of carbonyl (C=O) groups is 1. The smallest absolute Gasteiger partial charge is 0.166 e. The Labute approximate surface area is 132 Å². The van der Waals surface area contributed by atoms with Gasteiger partial charge >= 0.3 is 0 Å². The highest BCUT2D eigenvalue weighted by Crippen LogP contribution is 2.41. The van der Waals surface area contributed by atoms with Crippen molar-refractivity contribution in [3.63, 3.8) is 0 Å². The SMILES string of the molecule is Cc1ccc(C(=O)C2CCOC3(CCSC3)C2)cc1Br. The van der Waals surface area contributed by atoms with Crippen molar-refractivity contribution in [2.24, 2.45) is 5.92 Å². The number of hydrogen-bond acceptors (Lipinski definition) is 3. The Balaban J connectivity index is 1.77. The summed E-state index contributed by atoms with van der Waals surface area (Å²) in [6.07, 6.45) is 2.85. The molecule has 20 heavy (non-hydrogen) atoms. The van der Waals surface area contributed by atoms with Crippen LogP contribution >= 0.6 is 27.7 Å². The molecule has 2 aliphatic rings. The van der Waals surface area contributed by atoms with Crippen LogP contribution in [0.3, 0.4) is 0 Å². The third-order valence-electron chi connectivity index (χ3n) is 4.39. The molecular weight excluding hydrogens is 336 g/mol. The van der Waals surface area contributed by atoms with E-state index in [2.05, 4.69) is 15.9 Å². The summed E-state index contributed by atoms with van der Waals surface area (Å²) in [6, 6.07) is 5.93. The Morgan fingerprint density at radius 1 is 1.50 bits per heavy atom. The van der Waals surface area contributed by atoms with E-state index in [1.54, 1.807) is 0 Å². The normalized spacial score (nSPS) is 29.8. The Kier molecular flexibility index (Phi) is 4.25. The van der Waals surface area contributed by atoms with Crippen LogP contribution in [0.15, 0.2) is 22.7 Å². The maximum absolute atomic E-state index is 12.7. The van der Waals surface area contributed by atoms with Crippen LogP contribution in [0.2, 0.25) is 0 Å². The van der Waals surface area contributed by atoms with Crippen LogP contribution in [0, 0.1) is 12.8 Å². The van der Waals surface area contributed by atoms with Gasteiger partial charge in [0.25, 0.3) is 0 Å². The second kappa shape index (κ2) is 5.82. The summed E-state index contributed by atoms with van der Waals surface area (Å²) < 4.78 is 7.02. The molecule has 1 spiro atoms. The van der Waals surface area contributed by atoms with Crippen LogP contribution in [0.5, 0.6) is 0 Å². The lowest BCUT2D eigenvalue weighted by Gasteiger charge is -2.37. The van der Waals surface area contributed by atoms with Gasteiger partial charge < -0.3 is 4.74 Å². The number of halogens is 1. The van der Waals surface area contributed by atoms with E-state index < -0.39 is 0 Å². The highest BCUT2D eigenvalue weighted by atomic mass is 79.9. The van der Waals surface area contributed by atoms with Gasteiger partial charge in [-0.3, -0.25) is 4.79 Å². The van der Waals surface area contributed by atoms with E-state index in [0.29, 0.717) is 0 Å². The molecule has 108 valence electrons. The molecular formula is C16H19BrO2S. The number of Topliss-reactive ketones (excluding diaryl/α,β-unsaturated/α-hetero) is 1. The first-order valence-corrected chi connectivity index (χ1v) is 9.06. The quantitative estimate of drug-likeness (QED) is 0.743. The monoisotopic (exact) mass is 354 g/mol. The van der Waals surface area contributed by atoms with Gasteiger partial charge in [0.05, 0.1) is 5.60 Å². The summed E-state index contributed by atoms with van der Waals surface area (Å²) in [4.78, 5) is 12.7. The van der Waals surface area contributed by atoms with Gasteiger partial charge in [0.1, 0.15) is 0 Å². The molecule has 2 aliphatic heterocycles. The van der Waals surface area contributed by atoms with Crippen molar-refractivity contribution in [3.05, 3.63) is 33.8 Å². The Morgan fingerprint density at radius 2 is 2.35 bits per heavy atom. The summed E-state index contributed by atoms with van der Waals surface area (Å²) >= 11 is 5.47. The van der Waals surface area contributed by atoms with E-state index >= 15 is 0 Å². The van der Waals surface area contributed by atoms with Crippen LogP contribution in [-0.2, 0) is 4.74 Å². The molecule has 2 unspecified atom stereocenters. The molecule has 2 saturated heterocycles. The third kappa shape index (κ3) is 2.83. The van der Waals surface area contributed by atoms with E-state index in [1.807, 2.05) is 36.9 Å². The van der Waals surface area contributed by atoms with Crippen LogP contribution in [-0.4, -0.2) is 29.5 Å². The molecule has 0 saturated carbocycles. The van der Waals surface area contributed by atoms with Crippen LogP contribution in [0.1, 0.15) is 35.2 Å². The van der Waals surface area contributed by atoms with Gasteiger partial charge in [-0.25, -0.2) is 0 Å². The van der Waals surface area contributed by atoms with Crippen molar-refractivity contribution in [3.8, 4) is 0 Å². The molecule has 0 aliphatic carbocycles. The van der Waals surface area contributed by atoms with Gasteiger partial charge in [-0.2, -0.15) is 11.8 Å². The molecule has 0 N–H and O–H groups in total. The first kappa shape index (κ1) is 14.6. The molecule has 2 atom stereocenters. The van der Waals surface area contributed by atoms with Crippen molar-refractivity contribution in [1.29, 1.82) is 0 Å². The fraction of sp³-hybridized carbons (Fsp3) is 0.562.